The van der Waals surface area contributed by atoms with Crippen LogP contribution in [0.25, 0.3) is 0 Å². The van der Waals surface area contributed by atoms with Crippen LogP contribution in [0.2, 0.25) is 0 Å². The van der Waals surface area contributed by atoms with Gasteiger partial charge in [-0.1, -0.05) is 20.8 Å². The van der Waals surface area contributed by atoms with Crippen molar-refractivity contribution in [2.45, 2.75) is 79.2 Å². The zero-order valence-electron chi connectivity index (χ0n) is 16.4. The van der Waals surface area contributed by atoms with Crippen molar-refractivity contribution in [1.82, 2.24) is 5.32 Å². The predicted molar refractivity (Wildman–Crippen MR) is 101 cm³/mol. The third-order valence-electron chi connectivity index (χ3n) is 3.10. The fraction of sp³-hybridized carbons (Fsp3) is 0.789. The van der Waals surface area contributed by atoms with E-state index in [1.807, 2.05) is 20.8 Å². The largest absolute Gasteiger partial charge is 0.498 e. The Kier molecular flexibility index (Phi) is 12.0. The Labute approximate surface area is 147 Å². The molecular formula is C19H36N2O3. The molecule has 0 unspecified atom stereocenters. The number of ether oxygens (including phenoxy) is 2. The molecule has 0 aromatic carbocycles. The second kappa shape index (κ2) is 12.8. The van der Waals surface area contributed by atoms with Gasteiger partial charge < -0.3 is 14.8 Å². The number of nitrogens with zero attached hydrogens (tertiary/aromatic N) is 1. The number of carbonyl (C=O) groups is 1. The SMILES string of the molecule is CCCN=C(/C=C(\CC)OCCCCNC(=O)OC(C)(C)C)CC. The van der Waals surface area contributed by atoms with Crippen molar-refractivity contribution >= 4 is 11.8 Å². The van der Waals surface area contributed by atoms with Gasteiger partial charge in [0.25, 0.3) is 0 Å². The minimum absolute atomic E-state index is 0.364. The molecule has 1 N–H and O–H groups in total. The van der Waals surface area contributed by atoms with Gasteiger partial charge in [0.2, 0.25) is 0 Å². The molecule has 1 amide bonds. The van der Waals surface area contributed by atoms with E-state index in [0.717, 1.165) is 50.1 Å². The van der Waals surface area contributed by atoms with Crippen LogP contribution in [-0.2, 0) is 9.47 Å². The molecule has 0 heterocycles. The van der Waals surface area contributed by atoms with Gasteiger partial charge in [-0.2, -0.15) is 0 Å². The number of hydrogen-bond donors (Lipinski definition) is 1. The summed E-state index contributed by atoms with van der Waals surface area (Å²) < 4.78 is 11.0. The fourth-order valence-electron chi connectivity index (χ4n) is 1.88. The van der Waals surface area contributed by atoms with Gasteiger partial charge in [-0.3, -0.25) is 4.99 Å². The molecule has 0 atom stereocenters. The van der Waals surface area contributed by atoms with E-state index in [4.69, 9.17) is 9.47 Å². The van der Waals surface area contributed by atoms with Crippen LogP contribution in [0.5, 0.6) is 0 Å². The Morgan fingerprint density at radius 3 is 2.38 bits per heavy atom. The summed E-state index contributed by atoms with van der Waals surface area (Å²) in [5, 5.41) is 2.76. The molecule has 0 spiro atoms. The van der Waals surface area contributed by atoms with Gasteiger partial charge in [-0.05, 0) is 52.5 Å². The van der Waals surface area contributed by atoms with E-state index in [2.05, 4.69) is 37.2 Å². The summed E-state index contributed by atoms with van der Waals surface area (Å²) in [5.41, 5.74) is 0.643. The highest BCUT2D eigenvalue weighted by Gasteiger charge is 2.15. The molecule has 0 rings (SSSR count). The average molecular weight is 341 g/mol. The molecule has 0 saturated carbocycles. The van der Waals surface area contributed by atoms with Crippen LogP contribution < -0.4 is 5.32 Å². The molecule has 0 aliphatic heterocycles. The van der Waals surface area contributed by atoms with Crippen LogP contribution in [0.4, 0.5) is 4.79 Å². The smallest absolute Gasteiger partial charge is 0.407 e. The third-order valence-corrected chi connectivity index (χ3v) is 3.10. The molecule has 0 aromatic rings. The summed E-state index contributed by atoms with van der Waals surface area (Å²) in [6.45, 7) is 14.0. The fourth-order valence-corrected chi connectivity index (χ4v) is 1.88. The lowest BCUT2D eigenvalue weighted by atomic mass is 10.2. The van der Waals surface area contributed by atoms with Crippen LogP contribution in [0.3, 0.4) is 0 Å². The van der Waals surface area contributed by atoms with Crippen molar-refractivity contribution in [2.24, 2.45) is 4.99 Å². The highest BCUT2D eigenvalue weighted by Crippen LogP contribution is 2.08. The molecule has 0 aliphatic rings. The lowest BCUT2D eigenvalue weighted by Gasteiger charge is -2.19. The van der Waals surface area contributed by atoms with Gasteiger partial charge >= 0.3 is 6.09 Å². The van der Waals surface area contributed by atoms with Crippen LogP contribution in [0, 0.1) is 0 Å². The van der Waals surface area contributed by atoms with Crippen molar-refractivity contribution in [3.05, 3.63) is 11.8 Å². The molecule has 0 radical (unpaired) electrons. The Hall–Kier alpha value is -1.52. The van der Waals surface area contributed by atoms with Gasteiger partial charge in [0.15, 0.2) is 0 Å². The first-order valence-electron chi connectivity index (χ1n) is 9.15. The zero-order valence-corrected chi connectivity index (χ0v) is 16.4. The van der Waals surface area contributed by atoms with E-state index in [1.165, 1.54) is 0 Å². The summed E-state index contributed by atoms with van der Waals surface area (Å²) >= 11 is 0. The Balaban J connectivity index is 4.01. The topological polar surface area (TPSA) is 59.9 Å². The minimum Gasteiger partial charge on any atom is -0.498 e. The minimum atomic E-state index is -0.454. The van der Waals surface area contributed by atoms with Gasteiger partial charge in [0.05, 0.1) is 12.4 Å². The standard InChI is InChI=1S/C19H36N2O3/c1-7-12-20-16(8-2)15-17(9-3)23-14-11-10-13-21-18(22)24-19(4,5)6/h15H,7-14H2,1-6H3,(H,21,22)/b17-15+,20-16?. The number of rotatable bonds is 11. The molecule has 5 nitrogen and oxygen atoms in total. The van der Waals surface area contributed by atoms with E-state index in [1.54, 1.807) is 0 Å². The molecule has 24 heavy (non-hydrogen) atoms. The van der Waals surface area contributed by atoms with Crippen molar-refractivity contribution in [3.8, 4) is 0 Å². The third kappa shape index (κ3) is 13.0. The second-order valence-electron chi connectivity index (χ2n) is 6.68. The van der Waals surface area contributed by atoms with Crippen LogP contribution in [0.1, 0.15) is 73.6 Å². The molecule has 0 aromatic heterocycles. The lowest BCUT2D eigenvalue weighted by molar-refractivity contribution is 0.0525. The van der Waals surface area contributed by atoms with Crippen molar-refractivity contribution in [3.63, 3.8) is 0 Å². The number of amides is 1. The Morgan fingerprint density at radius 1 is 1.12 bits per heavy atom. The Morgan fingerprint density at radius 2 is 1.83 bits per heavy atom. The monoisotopic (exact) mass is 340 g/mol. The maximum absolute atomic E-state index is 11.5. The number of hydrogen-bond acceptors (Lipinski definition) is 4. The maximum Gasteiger partial charge on any atom is 0.407 e. The lowest BCUT2D eigenvalue weighted by Crippen LogP contribution is -2.33. The van der Waals surface area contributed by atoms with Gasteiger partial charge in [0.1, 0.15) is 5.60 Å². The van der Waals surface area contributed by atoms with E-state index in [9.17, 15) is 4.79 Å². The van der Waals surface area contributed by atoms with Crippen molar-refractivity contribution < 1.29 is 14.3 Å². The van der Waals surface area contributed by atoms with Crippen LogP contribution in [0.15, 0.2) is 16.8 Å². The first kappa shape index (κ1) is 22.5. The summed E-state index contributed by atoms with van der Waals surface area (Å²) in [6, 6.07) is 0. The quantitative estimate of drug-likeness (QED) is 0.332. The predicted octanol–water partition coefficient (Wildman–Crippen LogP) is 4.86. The molecule has 0 aliphatic carbocycles. The molecule has 0 saturated heterocycles. The van der Waals surface area contributed by atoms with Gasteiger partial charge in [-0.15, -0.1) is 0 Å². The second-order valence-corrected chi connectivity index (χ2v) is 6.68. The molecular weight excluding hydrogens is 304 g/mol. The van der Waals surface area contributed by atoms with Gasteiger partial charge in [-0.25, -0.2) is 4.79 Å². The summed E-state index contributed by atoms with van der Waals surface area (Å²) in [4.78, 5) is 16.1. The average Bonchev–Trinajstić information content (AvgIpc) is 2.50. The number of aliphatic imine (C=N–C) groups is 1. The number of unbranched alkanes of at least 4 members (excludes halogenated alkanes) is 1. The zero-order chi connectivity index (χ0) is 18.4. The summed E-state index contributed by atoms with van der Waals surface area (Å²) in [5.74, 6) is 0.979. The maximum atomic E-state index is 11.5. The van der Waals surface area contributed by atoms with E-state index in [0.29, 0.717) is 13.2 Å². The normalized spacial score (nSPS) is 12.9. The van der Waals surface area contributed by atoms with Crippen molar-refractivity contribution in [2.75, 3.05) is 19.7 Å². The molecule has 140 valence electrons. The van der Waals surface area contributed by atoms with E-state index < -0.39 is 5.60 Å². The van der Waals surface area contributed by atoms with Gasteiger partial charge in [0, 0.05) is 25.2 Å². The highest BCUT2D eigenvalue weighted by molar-refractivity contribution is 5.95. The number of nitrogens with one attached hydrogen (secondary N) is 1. The van der Waals surface area contributed by atoms with E-state index >= 15 is 0 Å². The van der Waals surface area contributed by atoms with E-state index in [-0.39, 0.29) is 6.09 Å². The Bertz CT molecular complexity index is 409. The highest BCUT2D eigenvalue weighted by atomic mass is 16.6. The van der Waals surface area contributed by atoms with Crippen molar-refractivity contribution in [1.29, 1.82) is 0 Å². The number of alkyl carbamates (subject to hydrolysis) is 1. The molecule has 0 fully saturated rings. The first-order valence-corrected chi connectivity index (χ1v) is 9.15. The first-order chi connectivity index (χ1) is 11.3. The summed E-state index contributed by atoms with van der Waals surface area (Å²) in [6.07, 6.45) is 6.30. The molecule has 5 heteroatoms. The number of allylic oxidation sites excluding steroid dienone is 2. The number of carbonyl (C=O) groups excluding carboxylic acids is 1. The van der Waals surface area contributed by atoms with Crippen LogP contribution >= 0.6 is 0 Å². The summed E-state index contributed by atoms with van der Waals surface area (Å²) in [7, 11) is 0. The molecule has 0 bridgehead atoms. The van der Waals surface area contributed by atoms with Crippen LogP contribution in [-0.4, -0.2) is 37.1 Å².